The number of carbonyl (C=O) groups excluding carboxylic acids is 2. The van der Waals surface area contributed by atoms with Gasteiger partial charge in [0.05, 0.1) is 5.75 Å². The maximum atomic E-state index is 13.5. The SMILES string of the molecule is O=C(CSCc1nnc(C(=O)Nc2ccccc2)s1)NCc1ccccc1F. The largest absolute Gasteiger partial charge is 0.351 e. The van der Waals surface area contributed by atoms with Gasteiger partial charge in [0.25, 0.3) is 5.91 Å². The van der Waals surface area contributed by atoms with E-state index in [1.807, 2.05) is 18.2 Å². The molecule has 0 bridgehead atoms. The second-order valence-electron chi connectivity index (χ2n) is 5.68. The Hall–Kier alpha value is -2.78. The van der Waals surface area contributed by atoms with E-state index < -0.39 is 0 Å². The van der Waals surface area contributed by atoms with E-state index in [1.54, 1.807) is 30.3 Å². The van der Waals surface area contributed by atoms with Crippen molar-refractivity contribution < 1.29 is 14.0 Å². The van der Waals surface area contributed by atoms with Crippen LogP contribution in [-0.2, 0) is 17.1 Å². The third-order valence-electron chi connectivity index (χ3n) is 3.59. The van der Waals surface area contributed by atoms with Gasteiger partial charge in [-0.25, -0.2) is 4.39 Å². The summed E-state index contributed by atoms with van der Waals surface area (Å²) in [6, 6.07) is 15.4. The van der Waals surface area contributed by atoms with Gasteiger partial charge < -0.3 is 10.6 Å². The van der Waals surface area contributed by atoms with Crippen molar-refractivity contribution in [3.8, 4) is 0 Å². The zero-order valence-corrected chi connectivity index (χ0v) is 16.4. The van der Waals surface area contributed by atoms with Gasteiger partial charge in [-0.05, 0) is 18.2 Å². The molecule has 6 nitrogen and oxygen atoms in total. The van der Waals surface area contributed by atoms with Crippen LogP contribution in [0, 0.1) is 5.82 Å². The molecular formula is C19H17FN4O2S2. The Morgan fingerprint density at radius 2 is 1.79 bits per heavy atom. The number of nitrogens with one attached hydrogen (secondary N) is 2. The number of thioether (sulfide) groups is 1. The van der Waals surface area contributed by atoms with Gasteiger partial charge in [0.2, 0.25) is 10.9 Å². The number of aromatic nitrogens is 2. The molecule has 0 aliphatic rings. The first-order valence-corrected chi connectivity index (χ1v) is 10.4. The number of halogens is 1. The monoisotopic (exact) mass is 416 g/mol. The fourth-order valence-corrected chi connectivity index (χ4v) is 3.87. The molecule has 3 rings (SSSR count). The van der Waals surface area contributed by atoms with E-state index in [0.717, 1.165) is 0 Å². The third kappa shape index (κ3) is 5.86. The first-order valence-electron chi connectivity index (χ1n) is 8.38. The van der Waals surface area contributed by atoms with Crippen LogP contribution in [-0.4, -0.2) is 27.8 Å². The zero-order valence-electron chi connectivity index (χ0n) is 14.7. The Bertz CT molecular complexity index is 950. The normalized spacial score (nSPS) is 10.5. The van der Waals surface area contributed by atoms with Crippen molar-refractivity contribution in [3.63, 3.8) is 0 Å². The topological polar surface area (TPSA) is 84.0 Å². The number of carbonyl (C=O) groups is 2. The molecule has 0 atom stereocenters. The number of anilines is 1. The molecule has 0 unspecified atom stereocenters. The Labute approximate surface area is 169 Å². The van der Waals surface area contributed by atoms with Crippen LogP contribution in [0.4, 0.5) is 10.1 Å². The lowest BCUT2D eigenvalue weighted by Gasteiger charge is -2.05. The summed E-state index contributed by atoms with van der Waals surface area (Å²) in [5.41, 5.74) is 1.13. The second-order valence-corrected chi connectivity index (χ2v) is 7.73. The van der Waals surface area contributed by atoms with Crippen molar-refractivity contribution in [2.24, 2.45) is 0 Å². The lowest BCUT2D eigenvalue weighted by Crippen LogP contribution is -2.25. The van der Waals surface area contributed by atoms with Gasteiger partial charge in [0.15, 0.2) is 0 Å². The molecule has 9 heteroatoms. The molecule has 0 aliphatic heterocycles. The molecule has 3 aromatic rings. The number of nitrogens with zero attached hydrogens (tertiary/aromatic N) is 2. The lowest BCUT2D eigenvalue weighted by molar-refractivity contribution is -0.118. The van der Waals surface area contributed by atoms with E-state index in [4.69, 9.17) is 0 Å². The summed E-state index contributed by atoms with van der Waals surface area (Å²) in [5, 5.41) is 14.2. The van der Waals surface area contributed by atoms with Crippen LogP contribution >= 0.6 is 23.1 Å². The number of hydrogen-bond donors (Lipinski definition) is 2. The molecule has 28 heavy (non-hydrogen) atoms. The predicted octanol–water partition coefficient (Wildman–Crippen LogP) is 3.48. The molecule has 0 radical (unpaired) electrons. The molecule has 1 heterocycles. The number of rotatable bonds is 8. The van der Waals surface area contributed by atoms with E-state index in [1.165, 1.54) is 29.2 Å². The van der Waals surface area contributed by atoms with Gasteiger partial charge >= 0.3 is 0 Å². The number of hydrogen-bond acceptors (Lipinski definition) is 6. The molecule has 1 aromatic heterocycles. The van der Waals surface area contributed by atoms with Crippen LogP contribution in [0.3, 0.4) is 0 Å². The van der Waals surface area contributed by atoms with Crippen molar-refractivity contribution in [1.82, 2.24) is 15.5 Å². The summed E-state index contributed by atoms with van der Waals surface area (Å²) in [6.45, 7) is 0.147. The molecule has 2 N–H and O–H groups in total. The summed E-state index contributed by atoms with van der Waals surface area (Å²) in [6.07, 6.45) is 0. The van der Waals surface area contributed by atoms with Gasteiger partial charge in [0, 0.05) is 23.5 Å². The van der Waals surface area contributed by atoms with Crippen LogP contribution in [0.2, 0.25) is 0 Å². The maximum Gasteiger partial charge on any atom is 0.286 e. The summed E-state index contributed by atoms with van der Waals surface area (Å²) < 4.78 is 13.5. The summed E-state index contributed by atoms with van der Waals surface area (Å²) in [5.74, 6) is -0.184. The quantitative estimate of drug-likeness (QED) is 0.587. The number of benzene rings is 2. The van der Waals surface area contributed by atoms with Crippen molar-refractivity contribution in [2.75, 3.05) is 11.1 Å². The first kappa shape index (κ1) is 20.0. The molecule has 0 saturated carbocycles. The van der Waals surface area contributed by atoms with E-state index in [2.05, 4.69) is 20.8 Å². The van der Waals surface area contributed by atoms with Crippen LogP contribution in [0.5, 0.6) is 0 Å². The highest BCUT2D eigenvalue weighted by Gasteiger charge is 2.13. The van der Waals surface area contributed by atoms with Gasteiger partial charge in [-0.15, -0.1) is 22.0 Å². The van der Waals surface area contributed by atoms with E-state index in [9.17, 15) is 14.0 Å². The van der Waals surface area contributed by atoms with Crippen molar-refractivity contribution in [3.05, 3.63) is 76.0 Å². The third-order valence-corrected chi connectivity index (χ3v) is 5.63. The summed E-state index contributed by atoms with van der Waals surface area (Å²) in [7, 11) is 0. The van der Waals surface area contributed by atoms with Crippen molar-refractivity contribution in [2.45, 2.75) is 12.3 Å². The van der Waals surface area contributed by atoms with Crippen LogP contribution in [0.1, 0.15) is 20.4 Å². The van der Waals surface area contributed by atoms with Crippen LogP contribution in [0.25, 0.3) is 0 Å². The first-order chi connectivity index (χ1) is 13.6. The predicted molar refractivity (Wildman–Crippen MR) is 109 cm³/mol. The molecule has 0 saturated heterocycles. The highest BCUT2D eigenvalue weighted by atomic mass is 32.2. The molecule has 0 spiro atoms. The second kappa shape index (κ2) is 9.95. The highest BCUT2D eigenvalue weighted by molar-refractivity contribution is 7.99. The Balaban J connectivity index is 1.41. The standard InChI is InChI=1S/C19H17FN4O2S2/c20-15-9-5-4-6-13(15)10-21-16(25)11-27-12-17-23-24-19(28-17)18(26)22-14-7-2-1-3-8-14/h1-9H,10-12H2,(H,21,25)(H,22,26). The van der Waals surface area contributed by atoms with Gasteiger partial charge in [0.1, 0.15) is 10.8 Å². The molecule has 0 aliphatic carbocycles. The Morgan fingerprint density at radius 1 is 1.04 bits per heavy atom. The zero-order chi connectivity index (χ0) is 19.8. The number of para-hydroxylation sites is 1. The van der Waals surface area contributed by atoms with E-state index in [0.29, 0.717) is 22.0 Å². The summed E-state index contributed by atoms with van der Waals surface area (Å²) >= 11 is 2.54. The minimum Gasteiger partial charge on any atom is -0.351 e. The van der Waals surface area contributed by atoms with Crippen molar-refractivity contribution >= 4 is 40.6 Å². The molecule has 2 aromatic carbocycles. The average Bonchev–Trinajstić information content (AvgIpc) is 3.17. The summed E-state index contributed by atoms with van der Waals surface area (Å²) in [4.78, 5) is 24.0. The lowest BCUT2D eigenvalue weighted by atomic mass is 10.2. The molecular weight excluding hydrogens is 399 g/mol. The molecule has 144 valence electrons. The highest BCUT2D eigenvalue weighted by Crippen LogP contribution is 2.18. The fourth-order valence-electron chi connectivity index (χ4n) is 2.23. The minimum absolute atomic E-state index is 0.147. The van der Waals surface area contributed by atoms with Gasteiger partial charge in [-0.1, -0.05) is 47.7 Å². The molecule has 0 fully saturated rings. The number of amides is 2. The van der Waals surface area contributed by atoms with Gasteiger partial charge in [-0.3, -0.25) is 9.59 Å². The Morgan fingerprint density at radius 3 is 2.57 bits per heavy atom. The average molecular weight is 417 g/mol. The van der Waals surface area contributed by atoms with Crippen LogP contribution in [0.15, 0.2) is 54.6 Å². The van der Waals surface area contributed by atoms with Crippen molar-refractivity contribution in [1.29, 1.82) is 0 Å². The molecule has 2 amide bonds. The minimum atomic E-state index is -0.342. The van der Waals surface area contributed by atoms with Crippen LogP contribution < -0.4 is 10.6 Å². The van der Waals surface area contributed by atoms with E-state index >= 15 is 0 Å². The Kier molecular flexibility index (Phi) is 7.10. The van der Waals surface area contributed by atoms with Gasteiger partial charge in [-0.2, -0.15) is 0 Å². The fraction of sp³-hybridized carbons (Fsp3) is 0.158. The maximum absolute atomic E-state index is 13.5. The van der Waals surface area contributed by atoms with E-state index in [-0.39, 0.29) is 34.9 Å². The smallest absolute Gasteiger partial charge is 0.286 e.